The van der Waals surface area contributed by atoms with E-state index in [0.717, 1.165) is 6.07 Å². The molecule has 1 aromatic carbocycles. The van der Waals surface area contributed by atoms with Crippen molar-refractivity contribution in [3.05, 3.63) is 24.0 Å². The zero-order valence-electron chi connectivity index (χ0n) is 11.3. The fourth-order valence-corrected chi connectivity index (χ4v) is 1.95. The lowest BCUT2D eigenvalue weighted by Gasteiger charge is -2.31. The van der Waals surface area contributed by atoms with Gasteiger partial charge in [0.25, 0.3) is 0 Å². The Morgan fingerprint density at radius 2 is 2.29 bits per heavy atom. The van der Waals surface area contributed by atoms with E-state index in [1.807, 2.05) is 0 Å². The minimum absolute atomic E-state index is 0.0509. The maximum Gasteiger partial charge on any atom is 0.334 e. The molecule has 2 amide bonds. The first-order valence-electron chi connectivity index (χ1n) is 6.25. The molecule has 8 heteroatoms. The summed E-state index contributed by atoms with van der Waals surface area (Å²) in [6, 6.07) is 3.22. The van der Waals surface area contributed by atoms with Crippen LogP contribution >= 0.6 is 0 Å². The molecule has 0 bridgehead atoms. The molecule has 0 saturated carbocycles. The molecule has 1 heterocycles. The highest BCUT2D eigenvalue weighted by Gasteiger charge is 2.29. The number of amides is 2. The summed E-state index contributed by atoms with van der Waals surface area (Å²) < 4.78 is 23.1. The van der Waals surface area contributed by atoms with Crippen LogP contribution in [0.5, 0.6) is 5.75 Å². The second-order valence-electron chi connectivity index (χ2n) is 4.42. The number of ether oxygens (including phenoxy) is 2. The van der Waals surface area contributed by atoms with Gasteiger partial charge in [-0.15, -0.1) is 0 Å². The van der Waals surface area contributed by atoms with Crippen molar-refractivity contribution in [2.24, 2.45) is 0 Å². The molecule has 0 aromatic heterocycles. The van der Waals surface area contributed by atoms with Crippen LogP contribution in [0.3, 0.4) is 0 Å². The number of rotatable bonds is 3. The van der Waals surface area contributed by atoms with Crippen molar-refractivity contribution in [2.45, 2.75) is 6.10 Å². The summed E-state index contributed by atoms with van der Waals surface area (Å²) >= 11 is 0. The van der Waals surface area contributed by atoms with Crippen LogP contribution in [0, 0.1) is 5.82 Å². The molecule has 1 fully saturated rings. The molecule has 21 heavy (non-hydrogen) atoms. The number of anilines is 1. The number of methoxy groups -OCH3 is 1. The van der Waals surface area contributed by atoms with Crippen molar-refractivity contribution >= 4 is 17.7 Å². The highest BCUT2D eigenvalue weighted by molar-refractivity contribution is 5.91. The van der Waals surface area contributed by atoms with Gasteiger partial charge >= 0.3 is 12.0 Å². The molecular formula is C13H15FN2O5. The first-order valence-corrected chi connectivity index (χ1v) is 6.25. The topological polar surface area (TPSA) is 88.1 Å². The summed E-state index contributed by atoms with van der Waals surface area (Å²) in [4.78, 5) is 24.3. The van der Waals surface area contributed by atoms with Crippen molar-refractivity contribution in [1.29, 1.82) is 0 Å². The van der Waals surface area contributed by atoms with Gasteiger partial charge < -0.3 is 24.8 Å². The fraction of sp³-hybridized carbons (Fsp3) is 0.385. The number of aliphatic carboxylic acids is 1. The van der Waals surface area contributed by atoms with Gasteiger partial charge in [0.2, 0.25) is 0 Å². The normalized spacial score (nSPS) is 18.2. The molecule has 7 nitrogen and oxygen atoms in total. The Balaban J connectivity index is 2.06. The van der Waals surface area contributed by atoms with Crippen LogP contribution in [0.25, 0.3) is 0 Å². The Morgan fingerprint density at radius 3 is 2.95 bits per heavy atom. The number of nitrogens with one attached hydrogen (secondary N) is 1. The number of carbonyl (C=O) groups is 2. The lowest BCUT2D eigenvalue weighted by Crippen LogP contribution is -2.49. The molecule has 2 rings (SSSR count). The number of carbonyl (C=O) groups excluding carboxylic acids is 1. The van der Waals surface area contributed by atoms with Crippen LogP contribution in [-0.2, 0) is 9.53 Å². The van der Waals surface area contributed by atoms with Gasteiger partial charge in [0.05, 0.1) is 25.9 Å². The minimum Gasteiger partial charge on any atom is -0.494 e. The van der Waals surface area contributed by atoms with Crippen LogP contribution in [0.4, 0.5) is 14.9 Å². The average Bonchev–Trinajstić information content (AvgIpc) is 2.49. The monoisotopic (exact) mass is 298 g/mol. The molecule has 1 unspecified atom stereocenters. The van der Waals surface area contributed by atoms with Gasteiger partial charge in [0.1, 0.15) is 11.6 Å². The number of benzene rings is 1. The maximum atomic E-state index is 13.1. The van der Waals surface area contributed by atoms with E-state index in [2.05, 4.69) is 5.32 Å². The van der Waals surface area contributed by atoms with Gasteiger partial charge in [0.15, 0.2) is 6.10 Å². The number of morpholine rings is 1. The van der Waals surface area contributed by atoms with E-state index in [0.29, 0.717) is 5.69 Å². The summed E-state index contributed by atoms with van der Waals surface area (Å²) in [5.74, 6) is -1.42. The standard InChI is InChI=1S/C13H15FN2O5/c1-20-10-6-8(14)2-3-9(10)15-13(19)16-4-5-21-11(7-16)12(17)18/h2-3,6,11H,4-5,7H2,1H3,(H,15,19)(H,17,18). The predicted molar refractivity (Wildman–Crippen MR) is 70.9 cm³/mol. The highest BCUT2D eigenvalue weighted by atomic mass is 19.1. The fourth-order valence-electron chi connectivity index (χ4n) is 1.95. The van der Waals surface area contributed by atoms with E-state index >= 15 is 0 Å². The molecule has 0 aliphatic carbocycles. The van der Waals surface area contributed by atoms with Crippen molar-refractivity contribution in [3.8, 4) is 5.75 Å². The van der Waals surface area contributed by atoms with Crippen molar-refractivity contribution in [3.63, 3.8) is 0 Å². The van der Waals surface area contributed by atoms with Crippen LogP contribution in [-0.4, -0.2) is 54.9 Å². The smallest absolute Gasteiger partial charge is 0.334 e. The van der Waals surface area contributed by atoms with E-state index in [1.54, 1.807) is 0 Å². The summed E-state index contributed by atoms with van der Waals surface area (Å²) in [5.41, 5.74) is 0.308. The van der Waals surface area contributed by atoms with Gasteiger partial charge in [-0.1, -0.05) is 0 Å². The molecule has 1 atom stereocenters. The van der Waals surface area contributed by atoms with E-state index in [9.17, 15) is 14.0 Å². The van der Waals surface area contributed by atoms with Crippen LogP contribution < -0.4 is 10.1 Å². The number of urea groups is 1. The lowest BCUT2D eigenvalue weighted by atomic mass is 10.2. The quantitative estimate of drug-likeness (QED) is 0.874. The third-order valence-electron chi connectivity index (χ3n) is 3.03. The molecule has 1 aliphatic heterocycles. The summed E-state index contributed by atoms with van der Waals surface area (Å²) in [5, 5.41) is 11.5. The second kappa shape index (κ2) is 6.40. The highest BCUT2D eigenvalue weighted by Crippen LogP contribution is 2.25. The largest absolute Gasteiger partial charge is 0.494 e. The second-order valence-corrected chi connectivity index (χ2v) is 4.42. The van der Waals surface area contributed by atoms with Crippen LogP contribution in [0.2, 0.25) is 0 Å². The molecule has 1 saturated heterocycles. The molecular weight excluding hydrogens is 283 g/mol. The maximum absolute atomic E-state index is 13.1. The Morgan fingerprint density at radius 1 is 1.52 bits per heavy atom. The van der Waals surface area contributed by atoms with E-state index < -0.39 is 23.9 Å². The Hall–Kier alpha value is -2.35. The number of hydrogen-bond donors (Lipinski definition) is 2. The zero-order chi connectivity index (χ0) is 15.4. The van der Waals surface area contributed by atoms with Crippen LogP contribution in [0.15, 0.2) is 18.2 Å². The summed E-state index contributed by atoms with van der Waals surface area (Å²) in [6.07, 6.45) is -1.04. The number of hydrogen-bond acceptors (Lipinski definition) is 4. The minimum atomic E-state index is -1.12. The van der Waals surface area contributed by atoms with E-state index in [1.165, 1.54) is 24.1 Å². The van der Waals surface area contributed by atoms with Crippen molar-refractivity contribution < 1.29 is 28.6 Å². The van der Waals surface area contributed by atoms with E-state index in [4.69, 9.17) is 14.6 Å². The van der Waals surface area contributed by atoms with E-state index in [-0.39, 0.29) is 25.4 Å². The van der Waals surface area contributed by atoms with Gasteiger partial charge in [-0.3, -0.25) is 0 Å². The Labute approximate surface area is 120 Å². The van der Waals surface area contributed by atoms with Crippen molar-refractivity contribution in [1.82, 2.24) is 4.90 Å². The number of nitrogens with zero attached hydrogens (tertiary/aromatic N) is 1. The Kier molecular flexibility index (Phi) is 4.59. The summed E-state index contributed by atoms with van der Waals surface area (Å²) in [6.45, 7) is 0.370. The molecule has 2 N–H and O–H groups in total. The predicted octanol–water partition coefficient (Wildman–Crippen LogP) is 1.15. The van der Waals surface area contributed by atoms with Gasteiger partial charge in [-0.25, -0.2) is 14.0 Å². The SMILES string of the molecule is COc1cc(F)ccc1NC(=O)N1CCOC(C(=O)O)C1. The molecule has 1 aliphatic rings. The third kappa shape index (κ3) is 3.60. The van der Waals surface area contributed by atoms with Crippen molar-refractivity contribution in [2.75, 3.05) is 32.1 Å². The number of carboxylic acid groups (broad SMARTS) is 1. The lowest BCUT2D eigenvalue weighted by molar-refractivity contribution is -0.154. The Bertz CT molecular complexity index is 551. The number of carboxylic acids is 1. The molecule has 0 spiro atoms. The molecule has 1 aromatic rings. The third-order valence-corrected chi connectivity index (χ3v) is 3.03. The van der Waals surface area contributed by atoms with Gasteiger partial charge in [-0.05, 0) is 12.1 Å². The van der Waals surface area contributed by atoms with Crippen LogP contribution in [0.1, 0.15) is 0 Å². The molecule has 114 valence electrons. The van der Waals surface area contributed by atoms with Gasteiger partial charge in [0, 0.05) is 12.6 Å². The number of halogens is 1. The average molecular weight is 298 g/mol. The summed E-state index contributed by atoms with van der Waals surface area (Å²) in [7, 11) is 1.36. The zero-order valence-corrected chi connectivity index (χ0v) is 11.3. The molecule has 0 radical (unpaired) electrons. The first kappa shape index (κ1) is 15.0. The first-order chi connectivity index (χ1) is 10.0. The van der Waals surface area contributed by atoms with Gasteiger partial charge in [-0.2, -0.15) is 0 Å².